The highest BCUT2D eigenvalue weighted by Gasteiger charge is 2.27. The fourth-order valence-electron chi connectivity index (χ4n) is 2.80. The summed E-state index contributed by atoms with van der Waals surface area (Å²) in [5.41, 5.74) is 1.63. The third kappa shape index (κ3) is 5.54. The Kier molecular flexibility index (Phi) is 8.15. The monoisotopic (exact) mass is 414 g/mol. The molecule has 6 nitrogen and oxygen atoms in total. The number of ether oxygens (including phenoxy) is 1. The van der Waals surface area contributed by atoms with Gasteiger partial charge in [0, 0.05) is 19.2 Å². The first-order valence-electron chi connectivity index (χ1n) is 9.56. The standard InChI is InChI=1S/C22H26N2O4S/c1-5-24(6-2)21(26)19-15(4)18(22(27)28-7-3)20(29-19)23-17(25)14-13-16-11-9-8-10-12-16/h8-14H,5-7H2,1-4H3,(H,23,25)/b14-13+. The summed E-state index contributed by atoms with van der Waals surface area (Å²) in [7, 11) is 0. The van der Waals surface area contributed by atoms with Crippen LogP contribution in [0.3, 0.4) is 0 Å². The molecule has 7 heteroatoms. The van der Waals surface area contributed by atoms with Gasteiger partial charge in [-0.15, -0.1) is 11.3 Å². The molecule has 0 unspecified atom stereocenters. The number of carbonyl (C=O) groups is 3. The van der Waals surface area contributed by atoms with E-state index in [0.29, 0.717) is 28.5 Å². The number of rotatable bonds is 8. The Labute approximate surface area is 175 Å². The zero-order valence-electron chi connectivity index (χ0n) is 17.2. The molecule has 0 fully saturated rings. The van der Waals surface area contributed by atoms with E-state index in [9.17, 15) is 14.4 Å². The summed E-state index contributed by atoms with van der Waals surface area (Å²) in [6.45, 7) is 8.53. The molecular formula is C22H26N2O4S. The predicted octanol–water partition coefficient (Wildman–Crippen LogP) is 4.37. The molecule has 1 N–H and O–H groups in total. The maximum absolute atomic E-state index is 12.8. The lowest BCUT2D eigenvalue weighted by molar-refractivity contribution is -0.111. The van der Waals surface area contributed by atoms with Gasteiger partial charge in [0.15, 0.2) is 0 Å². The van der Waals surface area contributed by atoms with Crippen LogP contribution >= 0.6 is 11.3 Å². The minimum Gasteiger partial charge on any atom is -0.462 e. The second-order valence-electron chi connectivity index (χ2n) is 6.19. The van der Waals surface area contributed by atoms with Gasteiger partial charge in [0.2, 0.25) is 5.91 Å². The van der Waals surface area contributed by atoms with Crippen molar-refractivity contribution in [2.75, 3.05) is 25.0 Å². The number of thiophene rings is 1. The fourth-order valence-corrected chi connectivity index (χ4v) is 3.96. The van der Waals surface area contributed by atoms with Crippen LogP contribution in [-0.2, 0) is 9.53 Å². The first kappa shape index (κ1) is 22.4. The van der Waals surface area contributed by atoms with Crippen molar-refractivity contribution >= 4 is 40.2 Å². The zero-order valence-corrected chi connectivity index (χ0v) is 18.0. The van der Waals surface area contributed by atoms with Gasteiger partial charge >= 0.3 is 5.97 Å². The van der Waals surface area contributed by atoms with Gasteiger partial charge in [-0.2, -0.15) is 0 Å². The minimum atomic E-state index is -0.554. The Morgan fingerprint density at radius 2 is 1.76 bits per heavy atom. The maximum atomic E-state index is 12.8. The molecule has 0 radical (unpaired) electrons. The van der Waals surface area contributed by atoms with Crippen LogP contribution in [0, 0.1) is 6.92 Å². The normalized spacial score (nSPS) is 10.8. The van der Waals surface area contributed by atoms with Crippen molar-refractivity contribution in [1.82, 2.24) is 4.90 Å². The Bertz CT molecular complexity index is 899. The Morgan fingerprint density at radius 3 is 2.34 bits per heavy atom. The van der Waals surface area contributed by atoms with Gasteiger partial charge in [-0.1, -0.05) is 30.3 Å². The van der Waals surface area contributed by atoms with Crippen molar-refractivity contribution in [1.29, 1.82) is 0 Å². The molecule has 29 heavy (non-hydrogen) atoms. The molecule has 154 valence electrons. The molecule has 1 heterocycles. The molecule has 2 amide bonds. The number of carbonyl (C=O) groups excluding carboxylic acids is 3. The lowest BCUT2D eigenvalue weighted by Gasteiger charge is -2.18. The van der Waals surface area contributed by atoms with Crippen LogP contribution in [0.1, 0.15) is 51.9 Å². The van der Waals surface area contributed by atoms with Crippen molar-refractivity contribution in [3.05, 3.63) is 58.0 Å². The van der Waals surface area contributed by atoms with Crippen molar-refractivity contribution < 1.29 is 19.1 Å². The summed E-state index contributed by atoms with van der Waals surface area (Å²) in [4.78, 5) is 39.8. The van der Waals surface area contributed by atoms with Gasteiger partial charge in [-0.05, 0) is 44.9 Å². The molecule has 0 saturated heterocycles. The van der Waals surface area contributed by atoms with Gasteiger partial charge in [-0.3, -0.25) is 9.59 Å². The number of benzene rings is 1. The van der Waals surface area contributed by atoms with Crippen LogP contribution < -0.4 is 5.32 Å². The summed E-state index contributed by atoms with van der Waals surface area (Å²) < 4.78 is 5.14. The van der Waals surface area contributed by atoms with Crippen LogP contribution in [0.2, 0.25) is 0 Å². The molecule has 1 aromatic heterocycles. The second kappa shape index (κ2) is 10.6. The molecule has 2 aromatic rings. The number of anilines is 1. The molecule has 0 aliphatic carbocycles. The maximum Gasteiger partial charge on any atom is 0.341 e. The van der Waals surface area contributed by atoms with Gasteiger partial charge in [0.25, 0.3) is 5.91 Å². The van der Waals surface area contributed by atoms with Crippen molar-refractivity contribution in [2.24, 2.45) is 0 Å². The number of nitrogens with one attached hydrogen (secondary N) is 1. The minimum absolute atomic E-state index is 0.164. The molecule has 0 aliphatic rings. The van der Waals surface area contributed by atoms with Crippen molar-refractivity contribution in [3.8, 4) is 0 Å². The van der Waals surface area contributed by atoms with E-state index in [1.807, 2.05) is 44.2 Å². The average Bonchev–Trinajstić information content (AvgIpc) is 3.04. The lowest BCUT2D eigenvalue weighted by atomic mass is 10.1. The number of hydrogen-bond donors (Lipinski definition) is 1. The third-order valence-corrected chi connectivity index (χ3v) is 5.53. The van der Waals surface area contributed by atoms with E-state index in [1.54, 1.807) is 24.8 Å². The largest absolute Gasteiger partial charge is 0.462 e. The molecule has 2 rings (SSSR count). The van der Waals surface area contributed by atoms with Gasteiger partial charge < -0.3 is 15.0 Å². The van der Waals surface area contributed by atoms with Crippen LogP contribution in [-0.4, -0.2) is 42.4 Å². The highest BCUT2D eigenvalue weighted by molar-refractivity contribution is 7.18. The van der Waals surface area contributed by atoms with E-state index in [0.717, 1.165) is 16.9 Å². The molecule has 0 saturated carbocycles. The quantitative estimate of drug-likeness (QED) is 0.514. The van der Waals surface area contributed by atoms with Crippen LogP contribution in [0.25, 0.3) is 6.08 Å². The van der Waals surface area contributed by atoms with Gasteiger partial charge in [0.1, 0.15) is 5.00 Å². The number of amides is 2. The summed E-state index contributed by atoms with van der Waals surface area (Å²) in [6, 6.07) is 9.41. The first-order chi connectivity index (χ1) is 13.9. The second-order valence-corrected chi connectivity index (χ2v) is 7.21. The topological polar surface area (TPSA) is 75.7 Å². The molecule has 0 spiro atoms. The average molecular weight is 415 g/mol. The van der Waals surface area contributed by atoms with E-state index in [1.165, 1.54) is 6.08 Å². The van der Waals surface area contributed by atoms with Crippen LogP contribution in [0.4, 0.5) is 5.00 Å². The highest BCUT2D eigenvalue weighted by atomic mass is 32.1. The van der Waals surface area contributed by atoms with E-state index >= 15 is 0 Å². The summed E-state index contributed by atoms with van der Waals surface area (Å²) in [5.74, 6) is -1.10. The van der Waals surface area contributed by atoms with Crippen LogP contribution in [0.5, 0.6) is 0 Å². The number of nitrogens with zero attached hydrogens (tertiary/aromatic N) is 1. The van der Waals surface area contributed by atoms with E-state index < -0.39 is 5.97 Å². The molecular weight excluding hydrogens is 388 g/mol. The summed E-state index contributed by atoms with van der Waals surface area (Å²) in [6.07, 6.45) is 3.08. The summed E-state index contributed by atoms with van der Waals surface area (Å²) >= 11 is 1.10. The van der Waals surface area contributed by atoms with Crippen molar-refractivity contribution in [3.63, 3.8) is 0 Å². The van der Waals surface area contributed by atoms with E-state index in [4.69, 9.17) is 4.74 Å². The SMILES string of the molecule is CCOC(=O)c1c(NC(=O)/C=C/c2ccccc2)sc(C(=O)N(CC)CC)c1C. The fraction of sp³-hybridized carbons (Fsp3) is 0.318. The van der Waals surface area contributed by atoms with Crippen molar-refractivity contribution in [2.45, 2.75) is 27.7 Å². The Balaban J connectivity index is 2.34. The Morgan fingerprint density at radius 1 is 1.10 bits per heavy atom. The van der Waals surface area contributed by atoms with Gasteiger partial charge in [0.05, 0.1) is 17.0 Å². The molecule has 0 atom stereocenters. The first-order valence-corrected chi connectivity index (χ1v) is 10.4. The van der Waals surface area contributed by atoms with E-state index in [-0.39, 0.29) is 24.0 Å². The molecule has 0 bridgehead atoms. The molecule has 0 aliphatic heterocycles. The lowest BCUT2D eigenvalue weighted by Crippen LogP contribution is -2.30. The van der Waals surface area contributed by atoms with Gasteiger partial charge in [-0.25, -0.2) is 4.79 Å². The van der Waals surface area contributed by atoms with E-state index in [2.05, 4.69) is 5.32 Å². The number of hydrogen-bond acceptors (Lipinski definition) is 5. The highest BCUT2D eigenvalue weighted by Crippen LogP contribution is 2.34. The molecule has 1 aromatic carbocycles. The van der Waals surface area contributed by atoms with Crippen LogP contribution in [0.15, 0.2) is 36.4 Å². The predicted molar refractivity (Wildman–Crippen MR) is 116 cm³/mol. The summed E-state index contributed by atoms with van der Waals surface area (Å²) in [5, 5.41) is 3.05. The number of esters is 1. The zero-order chi connectivity index (χ0) is 21.4. The third-order valence-electron chi connectivity index (χ3n) is 4.33. The smallest absolute Gasteiger partial charge is 0.341 e. The Hall–Kier alpha value is -2.93.